The summed E-state index contributed by atoms with van der Waals surface area (Å²) in [5.41, 5.74) is 2.58. The molecule has 3 aromatic rings. The van der Waals surface area contributed by atoms with Gasteiger partial charge in [0.2, 0.25) is 5.91 Å². The first-order valence-electron chi connectivity index (χ1n) is 10.0. The van der Waals surface area contributed by atoms with Crippen LogP contribution in [-0.4, -0.2) is 25.0 Å². The smallest absolute Gasteiger partial charge is 0.323 e. The van der Waals surface area contributed by atoms with Gasteiger partial charge >= 0.3 is 5.97 Å². The zero-order chi connectivity index (χ0) is 20.7. The van der Waals surface area contributed by atoms with Gasteiger partial charge in [-0.15, -0.1) is 0 Å². The fourth-order valence-electron chi connectivity index (χ4n) is 5.20. The average molecular weight is 398 g/mol. The molecule has 0 bridgehead atoms. The van der Waals surface area contributed by atoms with Crippen molar-refractivity contribution in [1.82, 2.24) is 5.32 Å². The third kappa shape index (κ3) is 2.52. The summed E-state index contributed by atoms with van der Waals surface area (Å²) in [4.78, 5) is 26.7. The van der Waals surface area contributed by atoms with Crippen LogP contribution < -0.4 is 10.6 Å². The number of benzene rings is 3. The monoisotopic (exact) mass is 398 g/mol. The number of ether oxygens (including phenoxy) is 1. The number of hydrogen-bond acceptors (Lipinski definition) is 4. The lowest BCUT2D eigenvalue weighted by Gasteiger charge is -2.35. The largest absolute Gasteiger partial charge is 0.468 e. The molecule has 2 aliphatic rings. The Morgan fingerprint density at radius 1 is 0.867 bits per heavy atom. The van der Waals surface area contributed by atoms with Gasteiger partial charge < -0.3 is 10.1 Å². The number of anilines is 1. The summed E-state index contributed by atoms with van der Waals surface area (Å²) >= 11 is 0. The Labute approximate surface area is 175 Å². The van der Waals surface area contributed by atoms with Crippen LogP contribution in [0.2, 0.25) is 0 Å². The van der Waals surface area contributed by atoms with Crippen molar-refractivity contribution in [1.29, 1.82) is 0 Å². The Bertz CT molecular complexity index is 1100. The van der Waals surface area contributed by atoms with E-state index in [0.29, 0.717) is 0 Å². The molecule has 0 aliphatic carbocycles. The summed E-state index contributed by atoms with van der Waals surface area (Å²) < 4.78 is 5.16. The Kier molecular flexibility index (Phi) is 4.40. The highest BCUT2D eigenvalue weighted by Gasteiger charge is 2.66. The molecule has 5 heteroatoms. The van der Waals surface area contributed by atoms with Gasteiger partial charge in [-0.3, -0.25) is 14.9 Å². The van der Waals surface area contributed by atoms with Crippen LogP contribution in [0.5, 0.6) is 0 Å². The first kappa shape index (κ1) is 18.6. The minimum atomic E-state index is -0.988. The van der Waals surface area contributed by atoms with E-state index in [1.165, 1.54) is 7.11 Å². The van der Waals surface area contributed by atoms with Gasteiger partial charge in [-0.1, -0.05) is 78.9 Å². The molecule has 2 aliphatic heterocycles. The van der Waals surface area contributed by atoms with Crippen molar-refractivity contribution < 1.29 is 14.3 Å². The second-order valence-corrected chi connectivity index (χ2v) is 7.77. The number of nitrogens with one attached hydrogen (secondary N) is 2. The highest BCUT2D eigenvalue weighted by molar-refractivity contribution is 6.09. The Morgan fingerprint density at radius 3 is 2.13 bits per heavy atom. The van der Waals surface area contributed by atoms with Gasteiger partial charge in [-0.25, -0.2) is 0 Å². The number of para-hydroxylation sites is 1. The van der Waals surface area contributed by atoms with E-state index in [9.17, 15) is 9.59 Å². The molecule has 1 saturated heterocycles. The van der Waals surface area contributed by atoms with Gasteiger partial charge in [0.05, 0.1) is 13.2 Å². The predicted molar refractivity (Wildman–Crippen MR) is 114 cm³/mol. The summed E-state index contributed by atoms with van der Waals surface area (Å²) in [5.74, 6) is -0.913. The van der Waals surface area contributed by atoms with Crippen molar-refractivity contribution in [3.63, 3.8) is 0 Å². The summed E-state index contributed by atoms with van der Waals surface area (Å²) in [5, 5.41) is 6.55. The normalized spacial score (nSPS) is 27.0. The summed E-state index contributed by atoms with van der Waals surface area (Å²) in [6.07, 6.45) is 0. The molecule has 5 nitrogen and oxygen atoms in total. The lowest BCUT2D eigenvalue weighted by atomic mass is 9.63. The zero-order valence-corrected chi connectivity index (χ0v) is 16.5. The van der Waals surface area contributed by atoms with E-state index in [1.54, 1.807) is 0 Å². The second kappa shape index (κ2) is 7.11. The summed E-state index contributed by atoms with van der Waals surface area (Å²) in [6.45, 7) is 0. The lowest BCUT2D eigenvalue weighted by molar-refractivity contribution is -0.143. The average Bonchev–Trinajstić information content (AvgIpc) is 3.31. The third-order valence-electron chi connectivity index (χ3n) is 6.37. The Balaban J connectivity index is 1.82. The van der Waals surface area contributed by atoms with Crippen LogP contribution in [0.25, 0.3) is 0 Å². The highest BCUT2D eigenvalue weighted by atomic mass is 16.5. The molecule has 3 aromatic carbocycles. The van der Waals surface area contributed by atoms with E-state index >= 15 is 0 Å². The molecule has 2 heterocycles. The zero-order valence-electron chi connectivity index (χ0n) is 16.5. The quantitative estimate of drug-likeness (QED) is 0.662. The molecule has 1 spiro atoms. The van der Waals surface area contributed by atoms with Crippen molar-refractivity contribution in [3.05, 3.63) is 102 Å². The summed E-state index contributed by atoms with van der Waals surface area (Å²) in [7, 11) is 1.39. The number of methoxy groups -OCH3 is 1. The standard InChI is InChI=1S/C25H22N2O3/c1-30-23(28)21-20(16-10-4-2-5-11-16)25(22(27-21)17-12-6-3-7-13-17)18-14-8-9-15-19(18)26-24(25)29/h2-15,20-22,27H,1H3,(H,26,29)/t20-,21+,22-,25-/m1/s1. The van der Waals surface area contributed by atoms with E-state index in [1.807, 2.05) is 84.9 Å². The third-order valence-corrected chi connectivity index (χ3v) is 6.37. The highest BCUT2D eigenvalue weighted by Crippen LogP contribution is 2.59. The van der Waals surface area contributed by atoms with Crippen LogP contribution in [0, 0.1) is 0 Å². The van der Waals surface area contributed by atoms with Crippen LogP contribution >= 0.6 is 0 Å². The lowest BCUT2D eigenvalue weighted by Crippen LogP contribution is -2.44. The minimum absolute atomic E-state index is 0.106. The van der Waals surface area contributed by atoms with E-state index in [-0.39, 0.29) is 11.9 Å². The summed E-state index contributed by atoms with van der Waals surface area (Å²) in [6, 6.07) is 26.3. The number of carbonyl (C=O) groups is 2. The molecular formula is C25H22N2O3. The molecule has 0 aromatic heterocycles. The van der Waals surface area contributed by atoms with Crippen LogP contribution in [0.4, 0.5) is 5.69 Å². The van der Waals surface area contributed by atoms with E-state index in [2.05, 4.69) is 10.6 Å². The SMILES string of the molecule is COC(=O)[C@H]1N[C@H](c2ccccc2)[C@]2(C(=O)Nc3ccccc32)[C@@H]1c1ccccc1. The van der Waals surface area contributed by atoms with Crippen molar-refractivity contribution in [2.75, 3.05) is 12.4 Å². The molecule has 0 saturated carbocycles. The van der Waals surface area contributed by atoms with E-state index in [0.717, 1.165) is 22.4 Å². The molecule has 1 fully saturated rings. The van der Waals surface area contributed by atoms with Crippen molar-refractivity contribution in [2.45, 2.75) is 23.4 Å². The maximum Gasteiger partial charge on any atom is 0.323 e. The van der Waals surface area contributed by atoms with Gasteiger partial charge in [0, 0.05) is 11.6 Å². The Morgan fingerprint density at radius 2 is 1.47 bits per heavy atom. The topological polar surface area (TPSA) is 67.4 Å². The number of fused-ring (bicyclic) bond motifs is 2. The van der Waals surface area contributed by atoms with Gasteiger partial charge in [-0.05, 0) is 22.8 Å². The number of amides is 1. The maximum absolute atomic E-state index is 13.8. The van der Waals surface area contributed by atoms with Crippen LogP contribution in [-0.2, 0) is 19.7 Å². The second-order valence-electron chi connectivity index (χ2n) is 7.77. The fourth-order valence-corrected chi connectivity index (χ4v) is 5.20. The Hall–Kier alpha value is -3.44. The van der Waals surface area contributed by atoms with Crippen molar-refractivity contribution >= 4 is 17.6 Å². The van der Waals surface area contributed by atoms with Crippen LogP contribution in [0.3, 0.4) is 0 Å². The number of rotatable bonds is 3. The van der Waals surface area contributed by atoms with Gasteiger partial charge in [0.15, 0.2) is 0 Å². The molecule has 5 rings (SSSR count). The first-order chi connectivity index (χ1) is 14.7. The molecular weight excluding hydrogens is 376 g/mol. The molecule has 2 N–H and O–H groups in total. The van der Waals surface area contributed by atoms with Crippen molar-refractivity contribution in [3.8, 4) is 0 Å². The van der Waals surface area contributed by atoms with Gasteiger partial charge in [0.1, 0.15) is 11.5 Å². The molecule has 0 radical (unpaired) electrons. The first-order valence-corrected chi connectivity index (χ1v) is 10.0. The maximum atomic E-state index is 13.8. The number of carbonyl (C=O) groups excluding carboxylic acids is 2. The number of esters is 1. The minimum Gasteiger partial charge on any atom is -0.468 e. The molecule has 0 unspecified atom stereocenters. The number of hydrogen-bond donors (Lipinski definition) is 2. The molecule has 30 heavy (non-hydrogen) atoms. The fraction of sp³-hybridized carbons (Fsp3) is 0.200. The van der Waals surface area contributed by atoms with E-state index < -0.39 is 23.4 Å². The van der Waals surface area contributed by atoms with Crippen molar-refractivity contribution in [2.24, 2.45) is 0 Å². The van der Waals surface area contributed by atoms with Gasteiger partial charge in [-0.2, -0.15) is 0 Å². The van der Waals surface area contributed by atoms with Crippen LogP contribution in [0.15, 0.2) is 84.9 Å². The predicted octanol–water partition coefficient (Wildman–Crippen LogP) is 3.55. The van der Waals surface area contributed by atoms with Crippen LogP contribution in [0.1, 0.15) is 28.7 Å². The molecule has 1 amide bonds. The molecule has 150 valence electrons. The molecule has 4 atom stereocenters. The van der Waals surface area contributed by atoms with E-state index in [4.69, 9.17) is 4.74 Å². The van der Waals surface area contributed by atoms with Gasteiger partial charge in [0.25, 0.3) is 0 Å².